The van der Waals surface area contributed by atoms with Gasteiger partial charge in [0.05, 0.1) is 5.01 Å². The largest absolute Gasteiger partial charge is 0.326 e. The Balaban J connectivity index is 1.96. The lowest BCUT2D eigenvalue weighted by Gasteiger charge is -2.40. The van der Waals surface area contributed by atoms with Crippen LogP contribution in [-0.2, 0) is 6.42 Å². The van der Waals surface area contributed by atoms with E-state index in [0.717, 1.165) is 36.8 Å². The first kappa shape index (κ1) is 13.0. The Morgan fingerprint density at radius 1 is 1.53 bits per heavy atom. The van der Waals surface area contributed by atoms with Gasteiger partial charge in [-0.25, -0.2) is 4.98 Å². The number of nitrogens with zero attached hydrogens (tertiary/aromatic N) is 3. The maximum atomic E-state index is 6.34. The van der Waals surface area contributed by atoms with Gasteiger partial charge >= 0.3 is 0 Å². The van der Waals surface area contributed by atoms with Gasteiger partial charge in [-0.05, 0) is 21.0 Å². The molecule has 2 unspecified atom stereocenters. The smallest absolute Gasteiger partial charge is 0.0944 e. The van der Waals surface area contributed by atoms with Crippen LogP contribution in [0.15, 0.2) is 5.38 Å². The van der Waals surface area contributed by atoms with Gasteiger partial charge < -0.3 is 10.6 Å². The summed E-state index contributed by atoms with van der Waals surface area (Å²) in [6, 6.07) is 0.617. The predicted octanol–water partition coefficient (Wildman–Crippen LogP) is 0.567. The minimum atomic E-state index is 0.174. The van der Waals surface area contributed by atoms with Gasteiger partial charge in [0, 0.05) is 49.2 Å². The standard InChI is InChI=1S/C12H22N4S/c1-9-8-17-12(14-9)6-10(13)11-7-15(2)4-5-16(11)3/h8,10-11H,4-7,13H2,1-3H3. The summed E-state index contributed by atoms with van der Waals surface area (Å²) in [6.07, 6.45) is 0.890. The Hall–Kier alpha value is -0.490. The van der Waals surface area contributed by atoms with Gasteiger partial charge in [-0.1, -0.05) is 0 Å². The molecule has 4 nitrogen and oxygen atoms in total. The van der Waals surface area contributed by atoms with Crippen molar-refractivity contribution in [2.75, 3.05) is 33.7 Å². The number of thiazole rings is 1. The van der Waals surface area contributed by atoms with Gasteiger partial charge in [-0.3, -0.25) is 4.90 Å². The normalized spacial score (nSPS) is 25.1. The molecule has 0 saturated carbocycles. The lowest BCUT2D eigenvalue weighted by atomic mass is 10.0. The molecule has 0 bridgehead atoms. The molecule has 1 aromatic heterocycles. The van der Waals surface area contributed by atoms with Crippen LogP contribution in [0.3, 0.4) is 0 Å². The number of aryl methyl sites for hydroxylation is 1. The van der Waals surface area contributed by atoms with E-state index in [2.05, 4.69) is 34.3 Å². The molecule has 0 spiro atoms. The molecule has 0 radical (unpaired) electrons. The molecule has 2 rings (SSSR count). The van der Waals surface area contributed by atoms with Crippen molar-refractivity contribution < 1.29 is 0 Å². The van der Waals surface area contributed by atoms with Crippen molar-refractivity contribution in [1.29, 1.82) is 0 Å². The number of rotatable bonds is 3. The van der Waals surface area contributed by atoms with Crippen LogP contribution < -0.4 is 5.73 Å². The van der Waals surface area contributed by atoms with Crippen LogP contribution in [0.25, 0.3) is 0 Å². The van der Waals surface area contributed by atoms with Crippen molar-refractivity contribution in [3.63, 3.8) is 0 Å². The molecule has 17 heavy (non-hydrogen) atoms. The fourth-order valence-corrected chi connectivity index (χ4v) is 3.19. The minimum Gasteiger partial charge on any atom is -0.326 e. The molecular weight excluding hydrogens is 232 g/mol. The number of nitrogens with two attached hydrogens (primary N) is 1. The van der Waals surface area contributed by atoms with E-state index in [0.29, 0.717) is 6.04 Å². The number of likely N-dealkylation sites (N-methyl/N-ethyl adjacent to an activating group) is 2. The summed E-state index contributed by atoms with van der Waals surface area (Å²) in [5.74, 6) is 0. The van der Waals surface area contributed by atoms with Crippen molar-refractivity contribution in [3.8, 4) is 0 Å². The zero-order valence-electron chi connectivity index (χ0n) is 10.9. The number of piperazine rings is 1. The van der Waals surface area contributed by atoms with Gasteiger partial charge in [0.25, 0.3) is 0 Å². The number of hydrogen-bond acceptors (Lipinski definition) is 5. The number of hydrogen-bond donors (Lipinski definition) is 1. The zero-order chi connectivity index (χ0) is 12.4. The third-order valence-electron chi connectivity index (χ3n) is 3.47. The first-order valence-electron chi connectivity index (χ1n) is 6.11. The fourth-order valence-electron chi connectivity index (χ4n) is 2.34. The van der Waals surface area contributed by atoms with E-state index >= 15 is 0 Å². The van der Waals surface area contributed by atoms with Gasteiger partial charge in [-0.2, -0.15) is 0 Å². The maximum absolute atomic E-state index is 6.34. The second-order valence-electron chi connectivity index (χ2n) is 5.06. The van der Waals surface area contributed by atoms with Crippen molar-refractivity contribution in [1.82, 2.24) is 14.8 Å². The average Bonchev–Trinajstić information content (AvgIpc) is 2.67. The molecule has 96 valence electrons. The van der Waals surface area contributed by atoms with Crippen LogP contribution in [-0.4, -0.2) is 60.6 Å². The first-order valence-corrected chi connectivity index (χ1v) is 6.99. The highest BCUT2D eigenvalue weighted by Crippen LogP contribution is 2.15. The molecule has 1 aliphatic heterocycles. The van der Waals surface area contributed by atoms with Crippen LogP contribution in [0.4, 0.5) is 0 Å². The molecule has 1 aliphatic rings. The van der Waals surface area contributed by atoms with E-state index in [1.807, 2.05) is 6.92 Å². The fraction of sp³-hybridized carbons (Fsp3) is 0.750. The quantitative estimate of drug-likeness (QED) is 0.856. The topological polar surface area (TPSA) is 45.4 Å². The lowest BCUT2D eigenvalue weighted by Crippen LogP contribution is -2.58. The highest BCUT2D eigenvalue weighted by atomic mass is 32.1. The van der Waals surface area contributed by atoms with Crippen molar-refractivity contribution in [2.24, 2.45) is 5.73 Å². The van der Waals surface area contributed by atoms with E-state index in [9.17, 15) is 0 Å². The molecule has 0 aliphatic carbocycles. The maximum Gasteiger partial charge on any atom is 0.0944 e. The summed E-state index contributed by atoms with van der Waals surface area (Å²) in [4.78, 5) is 9.23. The van der Waals surface area contributed by atoms with Crippen LogP contribution in [0, 0.1) is 6.92 Å². The summed E-state index contributed by atoms with van der Waals surface area (Å²) in [6.45, 7) is 5.33. The second kappa shape index (κ2) is 5.44. The zero-order valence-corrected chi connectivity index (χ0v) is 11.7. The summed E-state index contributed by atoms with van der Waals surface area (Å²) < 4.78 is 0. The van der Waals surface area contributed by atoms with Gasteiger partial charge in [0.2, 0.25) is 0 Å². The molecule has 0 aromatic carbocycles. The monoisotopic (exact) mass is 254 g/mol. The molecule has 2 heterocycles. The van der Waals surface area contributed by atoms with Gasteiger partial charge in [-0.15, -0.1) is 11.3 Å². The average molecular weight is 254 g/mol. The van der Waals surface area contributed by atoms with Gasteiger partial charge in [0.1, 0.15) is 0 Å². The van der Waals surface area contributed by atoms with E-state index < -0.39 is 0 Å². The lowest BCUT2D eigenvalue weighted by molar-refractivity contribution is 0.0973. The van der Waals surface area contributed by atoms with E-state index in [4.69, 9.17) is 5.73 Å². The Bertz CT molecular complexity index is 365. The second-order valence-corrected chi connectivity index (χ2v) is 6.00. The van der Waals surface area contributed by atoms with E-state index in [1.54, 1.807) is 11.3 Å². The summed E-state index contributed by atoms with van der Waals surface area (Å²) in [5.41, 5.74) is 7.44. The predicted molar refractivity (Wildman–Crippen MR) is 72.4 cm³/mol. The highest BCUT2D eigenvalue weighted by Gasteiger charge is 2.28. The highest BCUT2D eigenvalue weighted by molar-refractivity contribution is 7.09. The van der Waals surface area contributed by atoms with Crippen molar-refractivity contribution in [2.45, 2.75) is 25.4 Å². The van der Waals surface area contributed by atoms with E-state index in [-0.39, 0.29) is 6.04 Å². The summed E-state index contributed by atoms with van der Waals surface area (Å²) in [7, 11) is 4.34. The van der Waals surface area contributed by atoms with Gasteiger partial charge in [0.15, 0.2) is 0 Å². The van der Waals surface area contributed by atoms with E-state index in [1.165, 1.54) is 0 Å². The van der Waals surface area contributed by atoms with Crippen LogP contribution in [0.2, 0.25) is 0 Å². The molecule has 1 saturated heterocycles. The molecule has 5 heteroatoms. The molecular formula is C12H22N4S. The third-order valence-corrected chi connectivity index (χ3v) is 4.46. The Morgan fingerprint density at radius 3 is 2.94 bits per heavy atom. The Labute approximate surface area is 107 Å². The summed E-state index contributed by atoms with van der Waals surface area (Å²) >= 11 is 1.72. The molecule has 0 amide bonds. The van der Waals surface area contributed by atoms with Crippen molar-refractivity contribution >= 4 is 11.3 Å². The third kappa shape index (κ3) is 3.25. The first-order chi connectivity index (χ1) is 8.06. The molecule has 1 aromatic rings. The van der Waals surface area contributed by atoms with Crippen LogP contribution >= 0.6 is 11.3 Å². The van der Waals surface area contributed by atoms with Crippen molar-refractivity contribution in [3.05, 3.63) is 16.1 Å². The summed E-state index contributed by atoms with van der Waals surface area (Å²) in [5, 5.41) is 3.26. The molecule has 2 N–H and O–H groups in total. The number of aromatic nitrogens is 1. The SMILES string of the molecule is Cc1csc(CC(N)C2CN(C)CCN2C)n1. The Morgan fingerprint density at radius 2 is 2.29 bits per heavy atom. The van der Waals surface area contributed by atoms with Crippen LogP contribution in [0.5, 0.6) is 0 Å². The molecule has 2 atom stereocenters. The minimum absolute atomic E-state index is 0.174. The van der Waals surface area contributed by atoms with Crippen LogP contribution in [0.1, 0.15) is 10.7 Å². The molecule has 1 fully saturated rings. The Kier molecular flexibility index (Phi) is 4.14.